The predicted molar refractivity (Wildman–Crippen MR) is 153 cm³/mol. The monoisotopic (exact) mass is 593 g/mol. The number of carbonyl (C=O) groups is 3. The minimum Gasteiger partial charge on any atom is -0.478 e. The van der Waals surface area contributed by atoms with Crippen LogP contribution in [0.5, 0.6) is 0 Å². The highest BCUT2D eigenvalue weighted by molar-refractivity contribution is 5.98. The first-order valence-electron chi connectivity index (χ1n) is 13.5. The number of Topliss-reactive ketones (excluding diaryl/α,β-unsaturated/α-hetero) is 1. The molecule has 0 spiro atoms. The number of nitrogens with zero attached hydrogens (tertiary/aromatic N) is 3. The van der Waals surface area contributed by atoms with E-state index in [2.05, 4.69) is 16.8 Å². The summed E-state index contributed by atoms with van der Waals surface area (Å²) in [7, 11) is 0. The third-order valence-corrected chi connectivity index (χ3v) is 6.59. The van der Waals surface area contributed by atoms with Gasteiger partial charge in [-0.05, 0) is 56.7 Å². The second kappa shape index (κ2) is 12.6. The number of aromatic carboxylic acids is 1. The van der Waals surface area contributed by atoms with E-state index >= 15 is 0 Å². The molecule has 2 aromatic carbocycles. The van der Waals surface area contributed by atoms with Crippen LogP contribution < -0.4 is 4.90 Å². The summed E-state index contributed by atoms with van der Waals surface area (Å²) in [4.78, 5) is 44.1. The molecular weight excluding hydrogens is 563 g/mol. The van der Waals surface area contributed by atoms with Crippen LogP contribution in [0, 0.1) is 11.8 Å². The van der Waals surface area contributed by atoms with E-state index in [0.29, 0.717) is 11.1 Å². The summed E-state index contributed by atoms with van der Waals surface area (Å²) in [5.41, 5.74) is -0.486. The van der Waals surface area contributed by atoms with Gasteiger partial charge >= 0.3 is 18.2 Å². The smallest absolute Gasteiger partial charge is 0.416 e. The number of hydrogen-bond acceptors (Lipinski definition) is 6. The maximum absolute atomic E-state index is 14.1. The van der Waals surface area contributed by atoms with E-state index < -0.39 is 41.6 Å². The van der Waals surface area contributed by atoms with Crippen LogP contribution in [0.1, 0.15) is 63.7 Å². The lowest BCUT2D eigenvalue weighted by molar-refractivity contribution is -0.138. The molecule has 1 aromatic heterocycles. The number of carboxylic acid groups (broad SMARTS) is 1. The van der Waals surface area contributed by atoms with Crippen molar-refractivity contribution in [3.63, 3.8) is 0 Å². The first-order valence-corrected chi connectivity index (χ1v) is 13.5. The number of piperazine rings is 1. The highest BCUT2D eigenvalue weighted by atomic mass is 19.4. The topological polar surface area (TPSA) is 100 Å². The van der Waals surface area contributed by atoms with Crippen LogP contribution in [0.3, 0.4) is 0 Å². The standard InChI is InChI=1S/C32H30F3N3O5/c1-31(2,3)43-30(42)38-14-12-37(13-15-38)27-9-5-8-26(32(33,34)35)25(27)18-28(39)23-7-4-6-21(16-23)10-11-22-17-24(29(40)41)20-36-19-22/h4-9,16-17,19-20H,12-15,18H2,1-3H3,(H,40,41). The van der Waals surface area contributed by atoms with Crippen molar-refractivity contribution in [1.82, 2.24) is 9.88 Å². The summed E-state index contributed by atoms with van der Waals surface area (Å²) in [6.45, 7) is 6.32. The minimum atomic E-state index is -4.68. The number of benzene rings is 2. The van der Waals surface area contributed by atoms with Crippen molar-refractivity contribution in [1.29, 1.82) is 0 Å². The van der Waals surface area contributed by atoms with E-state index in [9.17, 15) is 27.6 Å². The molecule has 1 amide bonds. The Kier molecular flexibility index (Phi) is 9.09. The number of rotatable bonds is 5. The molecule has 4 rings (SSSR count). The third-order valence-electron chi connectivity index (χ3n) is 6.59. The summed E-state index contributed by atoms with van der Waals surface area (Å²) in [6, 6.07) is 11.4. The van der Waals surface area contributed by atoms with Gasteiger partial charge in [0, 0.05) is 67.4 Å². The Morgan fingerprint density at radius 2 is 1.56 bits per heavy atom. The fourth-order valence-electron chi connectivity index (χ4n) is 4.58. The Labute approximate surface area is 247 Å². The average Bonchev–Trinajstić information content (AvgIpc) is 2.95. The van der Waals surface area contributed by atoms with Gasteiger partial charge in [-0.1, -0.05) is 30.0 Å². The summed E-state index contributed by atoms with van der Waals surface area (Å²) in [5.74, 6) is 3.97. The molecule has 0 aliphatic carbocycles. The van der Waals surface area contributed by atoms with Gasteiger partial charge in [0.15, 0.2) is 5.78 Å². The lowest BCUT2D eigenvalue weighted by Gasteiger charge is -2.38. The first-order chi connectivity index (χ1) is 20.2. The van der Waals surface area contributed by atoms with Crippen molar-refractivity contribution in [2.45, 2.75) is 39.0 Å². The van der Waals surface area contributed by atoms with E-state index in [4.69, 9.17) is 9.84 Å². The Morgan fingerprint density at radius 1 is 0.907 bits per heavy atom. The highest BCUT2D eigenvalue weighted by Crippen LogP contribution is 2.37. The number of anilines is 1. The largest absolute Gasteiger partial charge is 0.478 e. The Morgan fingerprint density at radius 3 is 2.21 bits per heavy atom. The Bertz CT molecular complexity index is 1590. The lowest BCUT2D eigenvalue weighted by Crippen LogP contribution is -2.50. The zero-order valence-corrected chi connectivity index (χ0v) is 23.9. The van der Waals surface area contributed by atoms with E-state index in [1.807, 2.05) is 0 Å². The minimum absolute atomic E-state index is 0.0267. The van der Waals surface area contributed by atoms with E-state index in [0.717, 1.165) is 6.07 Å². The van der Waals surface area contributed by atoms with Gasteiger partial charge in [-0.3, -0.25) is 9.78 Å². The number of carboxylic acids is 1. The Balaban J connectivity index is 1.57. The lowest BCUT2D eigenvalue weighted by atomic mass is 9.95. The highest BCUT2D eigenvalue weighted by Gasteiger charge is 2.36. The molecule has 0 unspecified atom stereocenters. The van der Waals surface area contributed by atoms with Crippen molar-refractivity contribution in [2.75, 3.05) is 31.1 Å². The fourth-order valence-corrected chi connectivity index (χ4v) is 4.58. The van der Waals surface area contributed by atoms with Crippen LogP contribution in [0.15, 0.2) is 60.9 Å². The molecule has 3 aromatic rings. The van der Waals surface area contributed by atoms with Gasteiger partial charge in [-0.2, -0.15) is 13.2 Å². The molecule has 1 aliphatic rings. The maximum atomic E-state index is 14.1. The Hall–Kier alpha value is -4.85. The molecule has 0 saturated carbocycles. The zero-order chi connectivity index (χ0) is 31.4. The van der Waals surface area contributed by atoms with Crippen LogP contribution in [0.25, 0.3) is 0 Å². The van der Waals surface area contributed by atoms with Crippen molar-refractivity contribution < 1.29 is 37.4 Å². The predicted octanol–water partition coefficient (Wildman–Crippen LogP) is 5.68. The molecule has 0 bridgehead atoms. The van der Waals surface area contributed by atoms with Gasteiger partial charge in [-0.25, -0.2) is 9.59 Å². The van der Waals surface area contributed by atoms with Crippen molar-refractivity contribution in [2.24, 2.45) is 0 Å². The normalized spacial score (nSPS) is 13.6. The van der Waals surface area contributed by atoms with Gasteiger partial charge < -0.3 is 19.6 Å². The number of hydrogen-bond donors (Lipinski definition) is 1. The van der Waals surface area contributed by atoms with Gasteiger partial charge in [0.05, 0.1) is 11.1 Å². The SMILES string of the molecule is CC(C)(C)OC(=O)N1CCN(c2cccc(C(F)(F)F)c2CC(=O)c2cccc(C#Cc3cncc(C(=O)O)c3)c2)CC1. The average molecular weight is 594 g/mol. The molecule has 2 heterocycles. The van der Waals surface area contributed by atoms with Crippen molar-refractivity contribution >= 4 is 23.5 Å². The summed E-state index contributed by atoms with van der Waals surface area (Å²) in [5, 5.41) is 9.14. The molecule has 8 nitrogen and oxygen atoms in total. The number of ketones is 1. The van der Waals surface area contributed by atoms with Gasteiger partial charge in [0.1, 0.15) is 5.60 Å². The van der Waals surface area contributed by atoms with Crippen molar-refractivity contribution in [3.8, 4) is 11.8 Å². The van der Waals surface area contributed by atoms with Crippen molar-refractivity contribution in [3.05, 3.63) is 94.3 Å². The second-order valence-corrected chi connectivity index (χ2v) is 11.0. The molecule has 1 N–H and O–H groups in total. The number of halogens is 3. The third kappa shape index (κ3) is 8.13. The second-order valence-electron chi connectivity index (χ2n) is 11.0. The van der Waals surface area contributed by atoms with E-state index in [1.54, 1.807) is 43.9 Å². The number of amides is 1. The quantitative estimate of drug-likeness (QED) is 0.300. The molecule has 1 saturated heterocycles. The van der Waals surface area contributed by atoms with Crippen LogP contribution in [-0.4, -0.2) is 64.6 Å². The molecule has 43 heavy (non-hydrogen) atoms. The summed E-state index contributed by atoms with van der Waals surface area (Å²) < 4.78 is 47.8. The molecular formula is C32H30F3N3O5. The molecule has 0 atom stereocenters. The van der Waals surface area contributed by atoms with Crippen LogP contribution in [0.4, 0.5) is 23.7 Å². The van der Waals surface area contributed by atoms with Crippen LogP contribution in [-0.2, 0) is 17.3 Å². The zero-order valence-electron chi connectivity index (χ0n) is 23.9. The molecule has 0 radical (unpaired) electrons. The summed E-state index contributed by atoms with van der Waals surface area (Å²) >= 11 is 0. The number of ether oxygens (including phenoxy) is 1. The molecule has 224 valence electrons. The molecule has 11 heteroatoms. The number of aromatic nitrogens is 1. The number of alkyl halides is 3. The molecule has 1 fully saturated rings. The fraction of sp³-hybridized carbons (Fsp3) is 0.312. The summed E-state index contributed by atoms with van der Waals surface area (Å²) in [6.07, 6.45) is -3.08. The van der Waals surface area contributed by atoms with Gasteiger partial charge in [0.2, 0.25) is 0 Å². The van der Waals surface area contributed by atoms with Gasteiger partial charge in [-0.15, -0.1) is 0 Å². The van der Waals surface area contributed by atoms with Crippen LogP contribution in [0.2, 0.25) is 0 Å². The number of carbonyl (C=O) groups excluding carboxylic acids is 2. The van der Waals surface area contributed by atoms with E-state index in [1.165, 1.54) is 41.6 Å². The molecule has 1 aliphatic heterocycles. The van der Waals surface area contributed by atoms with E-state index in [-0.39, 0.29) is 48.6 Å². The number of pyridine rings is 1. The maximum Gasteiger partial charge on any atom is 0.416 e. The first kappa shape index (κ1) is 31.1. The van der Waals surface area contributed by atoms with Gasteiger partial charge in [0.25, 0.3) is 0 Å². The van der Waals surface area contributed by atoms with Crippen LogP contribution >= 0.6 is 0 Å².